The predicted octanol–water partition coefficient (Wildman–Crippen LogP) is 2.56. The Balaban J connectivity index is 2.01. The Morgan fingerprint density at radius 2 is 1.33 bits per heavy atom. The number of likely N-dealkylation sites (tertiary alicyclic amines) is 1. The minimum atomic E-state index is 0.169. The summed E-state index contributed by atoms with van der Waals surface area (Å²) in [5.74, 6) is 0. The van der Waals surface area contributed by atoms with E-state index in [1.54, 1.807) is 0 Å². The van der Waals surface area contributed by atoms with Crippen molar-refractivity contribution >= 4 is 0 Å². The Bertz CT molecular complexity index is 179. The summed E-state index contributed by atoms with van der Waals surface area (Å²) < 4.78 is 0. The van der Waals surface area contributed by atoms with Crippen LogP contribution in [0.1, 0.15) is 57.8 Å². The molecule has 1 saturated heterocycles. The molecule has 0 unspecified atom stereocenters. The maximum atomic E-state index is 9.74. The van der Waals surface area contributed by atoms with E-state index in [0.29, 0.717) is 6.61 Å². The highest BCUT2D eigenvalue weighted by Gasteiger charge is 2.37. The number of hydrogen-bond donors (Lipinski definition) is 1. The van der Waals surface area contributed by atoms with Gasteiger partial charge in [0, 0.05) is 5.54 Å². The fourth-order valence-corrected chi connectivity index (χ4v) is 3.33. The first kappa shape index (κ1) is 11.4. The van der Waals surface area contributed by atoms with Crippen molar-refractivity contribution in [1.29, 1.82) is 0 Å². The zero-order valence-corrected chi connectivity index (χ0v) is 9.88. The molecule has 15 heavy (non-hydrogen) atoms. The van der Waals surface area contributed by atoms with Crippen molar-refractivity contribution in [3.63, 3.8) is 0 Å². The van der Waals surface area contributed by atoms with Crippen LogP contribution in [0.15, 0.2) is 0 Å². The van der Waals surface area contributed by atoms with Gasteiger partial charge in [-0.1, -0.05) is 32.1 Å². The third-order valence-electron chi connectivity index (χ3n) is 4.36. The van der Waals surface area contributed by atoms with Crippen molar-refractivity contribution in [3.8, 4) is 0 Å². The van der Waals surface area contributed by atoms with E-state index in [-0.39, 0.29) is 5.54 Å². The summed E-state index contributed by atoms with van der Waals surface area (Å²) in [5.41, 5.74) is 0.169. The molecule has 1 aliphatic heterocycles. The van der Waals surface area contributed by atoms with Gasteiger partial charge in [0.25, 0.3) is 0 Å². The average molecular weight is 211 g/mol. The van der Waals surface area contributed by atoms with E-state index in [1.807, 2.05) is 0 Å². The molecule has 0 bridgehead atoms. The lowest BCUT2D eigenvalue weighted by molar-refractivity contribution is 0.00275. The molecule has 0 amide bonds. The Hall–Kier alpha value is -0.0800. The second kappa shape index (κ2) is 5.31. The van der Waals surface area contributed by atoms with E-state index in [1.165, 1.54) is 70.9 Å². The summed E-state index contributed by atoms with van der Waals surface area (Å²) in [5, 5.41) is 9.74. The molecule has 0 spiro atoms. The smallest absolute Gasteiger partial charge is 0.0615 e. The maximum absolute atomic E-state index is 9.74. The molecule has 0 aromatic carbocycles. The van der Waals surface area contributed by atoms with Crippen molar-refractivity contribution in [2.24, 2.45) is 0 Å². The van der Waals surface area contributed by atoms with Gasteiger partial charge in [-0.2, -0.15) is 0 Å². The SMILES string of the molecule is OCC1(N2CCCCCC2)CCCCC1. The molecule has 1 heterocycles. The van der Waals surface area contributed by atoms with E-state index in [4.69, 9.17) is 0 Å². The minimum absolute atomic E-state index is 0.169. The van der Waals surface area contributed by atoms with Gasteiger partial charge in [-0.05, 0) is 38.8 Å². The fourth-order valence-electron chi connectivity index (χ4n) is 3.33. The molecule has 0 atom stereocenters. The number of aliphatic hydroxyl groups excluding tert-OH is 1. The molecule has 1 aliphatic carbocycles. The van der Waals surface area contributed by atoms with Crippen LogP contribution < -0.4 is 0 Å². The fraction of sp³-hybridized carbons (Fsp3) is 1.00. The van der Waals surface area contributed by atoms with Crippen molar-refractivity contribution in [2.75, 3.05) is 19.7 Å². The second-order valence-corrected chi connectivity index (χ2v) is 5.34. The van der Waals surface area contributed by atoms with E-state index >= 15 is 0 Å². The molecule has 0 radical (unpaired) electrons. The highest BCUT2D eigenvalue weighted by atomic mass is 16.3. The number of rotatable bonds is 2. The molecule has 1 N–H and O–H groups in total. The first-order chi connectivity index (χ1) is 7.37. The van der Waals surface area contributed by atoms with Crippen LogP contribution >= 0.6 is 0 Å². The first-order valence-corrected chi connectivity index (χ1v) is 6.73. The summed E-state index contributed by atoms with van der Waals surface area (Å²) in [6.45, 7) is 2.83. The molecule has 88 valence electrons. The van der Waals surface area contributed by atoms with Gasteiger partial charge in [-0.25, -0.2) is 0 Å². The summed E-state index contributed by atoms with van der Waals surface area (Å²) in [4.78, 5) is 2.61. The van der Waals surface area contributed by atoms with Crippen LogP contribution in [0.25, 0.3) is 0 Å². The Morgan fingerprint density at radius 1 is 0.800 bits per heavy atom. The Labute approximate surface area is 93.7 Å². The topological polar surface area (TPSA) is 23.5 Å². The van der Waals surface area contributed by atoms with Gasteiger partial charge in [-0.3, -0.25) is 4.90 Å². The lowest BCUT2D eigenvalue weighted by Crippen LogP contribution is -2.53. The summed E-state index contributed by atoms with van der Waals surface area (Å²) in [6, 6.07) is 0. The number of aliphatic hydroxyl groups is 1. The maximum Gasteiger partial charge on any atom is 0.0615 e. The quantitative estimate of drug-likeness (QED) is 0.759. The normalized spacial score (nSPS) is 28.6. The summed E-state index contributed by atoms with van der Waals surface area (Å²) >= 11 is 0. The molecule has 2 heteroatoms. The van der Waals surface area contributed by atoms with Gasteiger partial charge in [0.1, 0.15) is 0 Å². The molecule has 2 nitrogen and oxygen atoms in total. The van der Waals surface area contributed by atoms with E-state index < -0.39 is 0 Å². The van der Waals surface area contributed by atoms with Gasteiger partial charge in [0.05, 0.1) is 6.61 Å². The molecule has 1 saturated carbocycles. The standard InChI is InChI=1S/C13H25NO/c15-12-13(8-4-3-5-9-13)14-10-6-1-2-7-11-14/h15H,1-12H2. The molecule has 0 aromatic heterocycles. The van der Waals surface area contributed by atoms with Crippen LogP contribution in [0.2, 0.25) is 0 Å². The van der Waals surface area contributed by atoms with Crippen LogP contribution in [0.4, 0.5) is 0 Å². The van der Waals surface area contributed by atoms with E-state index in [0.717, 1.165) is 0 Å². The van der Waals surface area contributed by atoms with Crippen molar-refractivity contribution in [1.82, 2.24) is 4.90 Å². The largest absolute Gasteiger partial charge is 0.394 e. The predicted molar refractivity (Wildman–Crippen MR) is 62.9 cm³/mol. The minimum Gasteiger partial charge on any atom is -0.394 e. The highest BCUT2D eigenvalue weighted by molar-refractivity contribution is 4.93. The summed E-state index contributed by atoms with van der Waals surface area (Å²) in [7, 11) is 0. The zero-order chi connectivity index (χ0) is 10.6. The Kier molecular flexibility index (Phi) is 4.04. The molecule has 0 aromatic rings. The number of hydrogen-bond acceptors (Lipinski definition) is 2. The molecular weight excluding hydrogens is 186 g/mol. The number of nitrogens with zero attached hydrogens (tertiary/aromatic N) is 1. The van der Waals surface area contributed by atoms with Gasteiger partial charge in [0.15, 0.2) is 0 Å². The third kappa shape index (κ3) is 2.54. The lowest BCUT2D eigenvalue weighted by atomic mass is 9.80. The van der Waals surface area contributed by atoms with Crippen molar-refractivity contribution in [2.45, 2.75) is 63.3 Å². The molecule has 2 fully saturated rings. The first-order valence-electron chi connectivity index (χ1n) is 6.73. The third-order valence-corrected chi connectivity index (χ3v) is 4.36. The van der Waals surface area contributed by atoms with Crippen LogP contribution in [-0.2, 0) is 0 Å². The Morgan fingerprint density at radius 3 is 1.87 bits per heavy atom. The summed E-state index contributed by atoms with van der Waals surface area (Å²) in [6.07, 6.45) is 11.9. The lowest BCUT2D eigenvalue weighted by Gasteiger charge is -2.45. The molecule has 2 rings (SSSR count). The van der Waals surface area contributed by atoms with Crippen LogP contribution in [0.3, 0.4) is 0 Å². The van der Waals surface area contributed by atoms with Crippen LogP contribution in [0, 0.1) is 0 Å². The highest BCUT2D eigenvalue weighted by Crippen LogP contribution is 2.34. The van der Waals surface area contributed by atoms with Gasteiger partial charge in [0.2, 0.25) is 0 Å². The van der Waals surface area contributed by atoms with Crippen molar-refractivity contribution < 1.29 is 5.11 Å². The van der Waals surface area contributed by atoms with E-state index in [2.05, 4.69) is 4.90 Å². The van der Waals surface area contributed by atoms with E-state index in [9.17, 15) is 5.11 Å². The van der Waals surface area contributed by atoms with Gasteiger partial charge < -0.3 is 5.11 Å². The molecular formula is C13H25NO. The monoisotopic (exact) mass is 211 g/mol. The average Bonchev–Trinajstić information content (AvgIpc) is 2.59. The van der Waals surface area contributed by atoms with Crippen LogP contribution in [0.5, 0.6) is 0 Å². The second-order valence-electron chi connectivity index (χ2n) is 5.34. The zero-order valence-electron chi connectivity index (χ0n) is 9.88. The molecule has 2 aliphatic rings. The van der Waals surface area contributed by atoms with Gasteiger partial charge in [-0.15, -0.1) is 0 Å². The van der Waals surface area contributed by atoms with Gasteiger partial charge >= 0.3 is 0 Å². The van der Waals surface area contributed by atoms with Crippen LogP contribution in [-0.4, -0.2) is 35.2 Å². The van der Waals surface area contributed by atoms with Crippen molar-refractivity contribution in [3.05, 3.63) is 0 Å².